The van der Waals surface area contributed by atoms with Gasteiger partial charge in [-0.05, 0) is 30.9 Å². The van der Waals surface area contributed by atoms with Crippen molar-refractivity contribution in [1.82, 2.24) is 10.2 Å². The summed E-state index contributed by atoms with van der Waals surface area (Å²) >= 11 is 0. The number of carbonyl (C=O) groups excluding carboxylic acids is 1. The molecule has 1 saturated heterocycles. The Morgan fingerprint density at radius 1 is 1.30 bits per heavy atom. The van der Waals surface area contributed by atoms with Crippen LogP contribution in [0.15, 0.2) is 30.3 Å². The molecule has 0 bridgehead atoms. The highest BCUT2D eigenvalue weighted by Crippen LogP contribution is 2.21. The van der Waals surface area contributed by atoms with Gasteiger partial charge < -0.3 is 10.4 Å². The van der Waals surface area contributed by atoms with Crippen LogP contribution < -0.4 is 5.32 Å². The van der Waals surface area contributed by atoms with Gasteiger partial charge in [-0.3, -0.25) is 14.5 Å². The van der Waals surface area contributed by atoms with Crippen molar-refractivity contribution in [3.8, 4) is 0 Å². The van der Waals surface area contributed by atoms with E-state index in [0.717, 1.165) is 18.5 Å². The number of hydrogen-bond donors (Lipinski definition) is 2. The zero-order chi connectivity index (χ0) is 16.8. The van der Waals surface area contributed by atoms with Crippen molar-refractivity contribution in [2.45, 2.75) is 32.7 Å². The SMILES string of the molecule is CC(C)C(NC(=O)CN1CCCC(C(=O)O)C1)c1ccccc1. The van der Waals surface area contributed by atoms with E-state index in [9.17, 15) is 9.59 Å². The van der Waals surface area contributed by atoms with Gasteiger partial charge in [0.2, 0.25) is 5.91 Å². The first-order valence-corrected chi connectivity index (χ1v) is 8.27. The second-order valence-corrected chi connectivity index (χ2v) is 6.61. The molecular formula is C18H26N2O3. The molecule has 23 heavy (non-hydrogen) atoms. The molecule has 2 atom stereocenters. The molecule has 2 unspecified atom stereocenters. The molecule has 1 fully saturated rings. The van der Waals surface area contributed by atoms with Gasteiger partial charge in [0.05, 0.1) is 18.5 Å². The fourth-order valence-corrected chi connectivity index (χ4v) is 3.12. The number of nitrogens with zero attached hydrogens (tertiary/aromatic N) is 1. The summed E-state index contributed by atoms with van der Waals surface area (Å²) < 4.78 is 0. The van der Waals surface area contributed by atoms with E-state index in [1.165, 1.54) is 0 Å². The molecule has 1 heterocycles. The minimum atomic E-state index is -0.764. The van der Waals surface area contributed by atoms with Crippen LogP contribution in [0, 0.1) is 11.8 Å². The number of aliphatic carboxylic acids is 1. The average molecular weight is 318 g/mol. The number of carbonyl (C=O) groups is 2. The van der Waals surface area contributed by atoms with Crippen molar-refractivity contribution >= 4 is 11.9 Å². The quantitative estimate of drug-likeness (QED) is 0.844. The number of likely N-dealkylation sites (tertiary alicyclic amines) is 1. The molecule has 1 amide bonds. The van der Waals surface area contributed by atoms with Crippen molar-refractivity contribution < 1.29 is 14.7 Å². The van der Waals surface area contributed by atoms with Crippen molar-refractivity contribution in [2.75, 3.05) is 19.6 Å². The molecule has 1 aromatic carbocycles. The summed E-state index contributed by atoms with van der Waals surface area (Å²) in [6, 6.07) is 9.92. The van der Waals surface area contributed by atoms with E-state index in [1.54, 1.807) is 0 Å². The number of carboxylic acids is 1. The van der Waals surface area contributed by atoms with Gasteiger partial charge in [0.1, 0.15) is 0 Å². The summed E-state index contributed by atoms with van der Waals surface area (Å²) in [5.41, 5.74) is 1.10. The standard InChI is InChI=1S/C18H26N2O3/c1-13(2)17(14-7-4-3-5-8-14)19-16(21)12-20-10-6-9-15(11-20)18(22)23/h3-5,7-8,13,15,17H,6,9-12H2,1-2H3,(H,19,21)(H,22,23). The lowest BCUT2D eigenvalue weighted by Crippen LogP contribution is -2.45. The van der Waals surface area contributed by atoms with E-state index in [2.05, 4.69) is 19.2 Å². The predicted octanol–water partition coefficient (Wildman–Crippen LogP) is 2.30. The lowest BCUT2D eigenvalue weighted by molar-refractivity contribution is -0.144. The summed E-state index contributed by atoms with van der Waals surface area (Å²) in [5.74, 6) is -0.876. The highest BCUT2D eigenvalue weighted by molar-refractivity contribution is 5.78. The molecule has 1 aromatic rings. The number of amides is 1. The predicted molar refractivity (Wildman–Crippen MR) is 89.0 cm³/mol. The first kappa shape index (κ1) is 17.5. The normalized spacial score (nSPS) is 20.2. The third kappa shape index (κ3) is 5.06. The van der Waals surface area contributed by atoms with Crippen molar-refractivity contribution in [3.05, 3.63) is 35.9 Å². The minimum absolute atomic E-state index is 0.0243. The summed E-state index contributed by atoms with van der Waals surface area (Å²) in [7, 11) is 0. The molecule has 126 valence electrons. The van der Waals surface area contributed by atoms with Crippen LogP contribution in [0.1, 0.15) is 38.3 Å². The van der Waals surface area contributed by atoms with E-state index in [4.69, 9.17) is 5.11 Å². The second-order valence-electron chi connectivity index (χ2n) is 6.61. The van der Waals surface area contributed by atoms with Gasteiger partial charge >= 0.3 is 5.97 Å². The maximum atomic E-state index is 12.4. The highest BCUT2D eigenvalue weighted by atomic mass is 16.4. The smallest absolute Gasteiger partial charge is 0.307 e. The zero-order valence-corrected chi connectivity index (χ0v) is 13.9. The highest BCUT2D eigenvalue weighted by Gasteiger charge is 2.27. The maximum Gasteiger partial charge on any atom is 0.307 e. The second kappa shape index (κ2) is 8.11. The van der Waals surface area contributed by atoms with Crippen LogP contribution >= 0.6 is 0 Å². The Bertz CT molecular complexity index is 530. The van der Waals surface area contributed by atoms with Crippen LogP contribution in [0.5, 0.6) is 0 Å². The monoisotopic (exact) mass is 318 g/mol. The lowest BCUT2D eigenvalue weighted by Gasteiger charge is -2.31. The van der Waals surface area contributed by atoms with E-state index < -0.39 is 5.97 Å². The van der Waals surface area contributed by atoms with Gasteiger partial charge in [-0.1, -0.05) is 44.2 Å². The lowest BCUT2D eigenvalue weighted by atomic mass is 9.96. The Labute approximate surface area is 137 Å². The van der Waals surface area contributed by atoms with Crippen LogP contribution in [0.25, 0.3) is 0 Å². The molecule has 0 aromatic heterocycles. The van der Waals surface area contributed by atoms with Crippen LogP contribution in [-0.4, -0.2) is 41.5 Å². The van der Waals surface area contributed by atoms with Gasteiger partial charge in [0.15, 0.2) is 0 Å². The van der Waals surface area contributed by atoms with Gasteiger partial charge in [0.25, 0.3) is 0 Å². The average Bonchev–Trinajstić information content (AvgIpc) is 2.53. The first-order valence-electron chi connectivity index (χ1n) is 8.27. The van der Waals surface area contributed by atoms with Crippen LogP contribution in [0.3, 0.4) is 0 Å². The molecule has 0 spiro atoms. The van der Waals surface area contributed by atoms with E-state index in [1.807, 2.05) is 35.2 Å². The van der Waals surface area contributed by atoms with Gasteiger partial charge in [-0.15, -0.1) is 0 Å². The molecule has 2 N–H and O–H groups in total. The summed E-state index contributed by atoms with van der Waals surface area (Å²) in [4.78, 5) is 25.4. The number of carboxylic acid groups (broad SMARTS) is 1. The summed E-state index contributed by atoms with van der Waals surface area (Å²) in [6.07, 6.45) is 1.53. The fourth-order valence-electron chi connectivity index (χ4n) is 3.12. The fraction of sp³-hybridized carbons (Fsp3) is 0.556. The Hall–Kier alpha value is -1.88. The summed E-state index contributed by atoms with van der Waals surface area (Å²) in [5, 5.41) is 12.2. The number of rotatable bonds is 6. The Balaban J connectivity index is 1.93. The van der Waals surface area contributed by atoms with Gasteiger partial charge in [-0.2, -0.15) is 0 Å². The number of hydrogen-bond acceptors (Lipinski definition) is 3. The van der Waals surface area contributed by atoms with Gasteiger partial charge in [0, 0.05) is 6.54 Å². The molecule has 1 aliphatic heterocycles. The van der Waals surface area contributed by atoms with Gasteiger partial charge in [-0.25, -0.2) is 0 Å². The molecule has 0 aliphatic carbocycles. The van der Waals surface area contributed by atoms with Crippen LogP contribution in [0.2, 0.25) is 0 Å². The van der Waals surface area contributed by atoms with Crippen molar-refractivity contribution in [3.63, 3.8) is 0 Å². The van der Waals surface area contributed by atoms with Crippen molar-refractivity contribution in [1.29, 1.82) is 0 Å². The molecule has 5 nitrogen and oxygen atoms in total. The molecule has 1 aliphatic rings. The molecule has 0 radical (unpaired) electrons. The number of nitrogens with one attached hydrogen (secondary N) is 1. The maximum absolute atomic E-state index is 12.4. The van der Waals surface area contributed by atoms with Crippen LogP contribution in [-0.2, 0) is 9.59 Å². The molecule has 0 saturated carbocycles. The Kier molecular flexibility index (Phi) is 6.16. The Morgan fingerprint density at radius 2 is 2.00 bits per heavy atom. The third-order valence-corrected chi connectivity index (χ3v) is 4.36. The third-order valence-electron chi connectivity index (χ3n) is 4.36. The van der Waals surface area contributed by atoms with E-state index in [0.29, 0.717) is 13.0 Å². The van der Waals surface area contributed by atoms with E-state index >= 15 is 0 Å². The number of piperidine rings is 1. The molecule has 5 heteroatoms. The largest absolute Gasteiger partial charge is 0.481 e. The minimum Gasteiger partial charge on any atom is -0.481 e. The molecule has 2 rings (SSSR count). The first-order chi connectivity index (χ1) is 11.0. The van der Waals surface area contributed by atoms with Crippen molar-refractivity contribution in [2.24, 2.45) is 11.8 Å². The molecular weight excluding hydrogens is 292 g/mol. The zero-order valence-electron chi connectivity index (χ0n) is 13.9. The number of benzene rings is 1. The topological polar surface area (TPSA) is 69.6 Å². The van der Waals surface area contributed by atoms with E-state index in [-0.39, 0.29) is 30.3 Å². The van der Waals surface area contributed by atoms with Crippen LogP contribution in [0.4, 0.5) is 0 Å². The Morgan fingerprint density at radius 3 is 2.61 bits per heavy atom. The summed E-state index contributed by atoms with van der Waals surface area (Å²) in [6.45, 7) is 5.67.